The number of carbonyl (C=O) groups is 1. The van der Waals surface area contributed by atoms with Gasteiger partial charge in [0.2, 0.25) is 16.0 Å². The van der Waals surface area contributed by atoms with Crippen molar-refractivity contribution in [3.05, 3.63) is 60.4 Å². The molecule has 0 unspecified atom stereocenters. The zero-order chi connectivity index (χ0) is 20.1. The average molecular weight is 399 g/mol. The van der Waals surface area contributed by atoms with Gasteiger partial charge in [-0.2, -0.15) is 0 Å². The Bertz CT molecular complexity index is 1100. The van der Waals surface area contributed by atoms with Gasteiger partial charge < -0.3 is 4.74 Å². The van der Waals surface area contributed by atoms with E-state index in [2.05, 4.69) is 25.0 Å². The molecular formula is C18H17N5O4S. The van der Waals surface area contributed by atoms with Crippen LogP contribution in [0.2, 0.25) is 0 Å². The molecule has 2 aromatic heterocycles. The van der Waals surface area contributed by atoms with Crippen molar-refractivity contribution in [1.29, 1.82) is 0 Å². The molecule has 3 rings (SSSR count). The minimum absolute atomic E-state index is 0.117. The molecule has 9 nitrogen and oxygen atoms in total. The second-order valence-electron chi connectivity index (χ2n) is 5.73. The van der Waals surface area contributed by atoms with Gasteiger partial charge in [-0.3, -0.25) is 14.8 Å². The van der Waals surface area contributed by atoms with Crippen LogP contribution in [0.4, 0.5) is 11.8 Å². The fourth-order valence-corrected chi connectivity index (χ4v) is 2.88. The molecule has 0 radical (unpaired) electrons. The number of nitrogens with one attached hydrogen (secondary N) is 2. The number of aromatic nitrogens is 3. The van der Waals surface area contributed by atoms with E-state index in [0.29, 0.717) is 11.4 Å². The van der Waals surface area contributed by atoms with Crippen molar-refractivity contribution in [3.8, 4) is 17.0 Å². The van der Waals surface area contributed by atoms with E-state index in [-0.39, 0.29) is 17.3 Å². The molecule has 0 saturated heterocycles. The van der Waals surface area contributed by atoms with Crippen LogP contribution in [0.25, 0.3) is 11.3 Å². The Balaban J connectivity index is 1.78. The van der Waals surface area contributed by atoms with Crippen LogP contribution in [0.3, 0.4) is 0 Å². The van der Waals surface area contributed by atoms with E-state index < -0.39 is 15.9 Å². The summed E-state index contributed by atoms with van der Waals surface area (Å²) in [5, 5.41) is 2.59. The van der Waals surface area contributed by atoms with E-state index in [9.17, 15) is 13.2 Å². The summed E-state index contributed by atoms with van der Waals surface area (Å²) >= 11 is 0. The third-order valence-electron chi connectivity index (χ3n) is 3.58. The van der Waals surface area contributed by atoms with Crippen molar-refractivity contribution in [2.24, 2.45) is 0 Å². The molecule has 0 atom stereocenters. The summed E-state index contributed by atoms with van der Waals surface area (Å²) < 4.78 is 30.0. The summed E-state index contributed by atoms with van der Waals surface area (Å²) in [6, 6.07) is 11.9. The van der Waals surface area contributed by atoms with Crippen LogP contribution in [0.15, 0.2) is 54.9 Å². The first kappa shape index (κ1) is 19.2. The van der Waals surface area contributed by atoms with Crippen LogP contribution in [0.5, 0.6) is 5.75 Å². The van der Waals surface area contributed by atoms with Crippen LogP contribution in [0.1, 0.15) is 10.4 Å². The van der Waals surface area contributed by atoms with E-state index in [1.807, 2.05) is 24.3 Å². The zero-order valence-corrected chi connectivity index (χ0v) is 15.9. The molecule has 10 heteroatoms. The zero-order valence-electron chi connectivity index (χ0n) is 15.1. The summed E-state index contributed by atoms with van der Waals surface area (Å²) in [6.07, 6.45) is 3.80. The number of carbonyl (C=O) groups excluding carboxylic acids is 1. The summed E-state index contributed by atoms with van der Waals surface area (Å²) in [6.45, 7) is 0. The number of sulfonamides is 1. The molecule has 0 aliphatic heterocycles. The highest BCUT2D eigenvalue weighted by atomic mass is 32.2. The molecule has 0 aliphatic rings. The standard InChI is InChI=1S/C18H17N5O4S/c1-27-15-6-4-3-5-13(15)14-9-10-19-18(21-14)22-17(24)12-7-8-16(20-11-12)23-28(2,25)26/h3-11H,1-2H3,(H,20,23)(H,19,21,22,24). The van der Waals surface area contributed by atoms with E-state index in [1.54, 1.807) is 13.2 Å². The molecule has 2 heterocycles. The third kappa shape index (κ3) is 4.80. The molecule has 28 heavy (non-hydrogen) atoms. The lowest BCUT2D eigenvalue weighted by atomic mass is 10.1. The number of amides is 1. The lowest BCUT2D eigenvalue weighted by molar-refractivity contribution is 0.102. The fraction of sp³-hybridized carbons (Fsp3) is 0.111. The maximum atomic E-state index is 12.4. The lowest BCUT2D eigenvalue weighted by Gasteiger charge is -2.09. The first-order valence-electron chi connectivity index (χ1n) is 8.07. The van der Waals surface area contributed by atoms with Crippen LogP contribution >= 0.6 is 0 Å². The first-order chi connectivity index (χ1) is 13.4. The molecule has 2 N–H and O–H groups in total. The highest BCUT2D eigenvalue weighted by molar-refractivity contribution is 7.92. The van der Waals surface area contributed by atoms with Gasteiger partial charge in [0.05, 0.1) is 24.6 Å². The molecule has 144 valence electrons. The predicted molar refractivity (Wildman–Crippen MR) is 105 cm³/mol. The van der Waals surface area contributed by atoms with Crippen molar-refractivity contribution >= 4 is 27.7 Å². The van der Waals surface area contributed by atoms with Gasteiger partial charge in [-0.25, -0.2) is 23.4 Å². The molecule has 0 fully saturated rings. The minimum Gasteiger partial charge on any atom is -0.496 e. The van der Waals surface area contributed by atoms with Gasteiger partial charge >= 0.3 is 0 Å². The summed E-state index contributed by atoms with van der Waals surface area (Å²) in [4.78, 5) is 24.7. The topological polar surface area (TPSA) is 123 Å². The highest BCUT2D eigenvalue weighted by Crippen LogP contribution is 2.28. The van der Waals surface area contributed by atoms with E-state index in [4.69, 9.17) is 4.74 Å². The van der Waals surface area contributed by atoms with Gasteiger partial charge in [0.15, 0.2) is 0 Å². The van der Waals surface area contributed by atoms with Crippen molar-refractivity contribution in [2.45, 2.75) is 0 Å². The third-order valence-corrected chi connectivity index (χ3v) is 4.16. The SMILES string of the molecule is COc1ccccc1-c1ccnc(NC(=O)c2ccc(NS(C)(=O)=O)nc2)n1. The summed E-state index contributed by atoms with van der Waals surface area (Å²) in [7, 11) is -1.87. The van der Waals surface area contributed by atoms with Crippen molar-refractivity contribution in [3.63, 3.8) is 0 Å². The Morgan fingerprint density at radius 1 is 1.07 bits per heavy atom. The molecule has 1 amide bonds. The monoisotopic (exact) mass is 399 g/mol. The van der Waals surface area contributed by atoms with Crippen molar-refractivity contribution in [2.75, 3.05) is 23.4 Å². The van der Waals surface area contributed by atoms with Gasteiger partial charge in [0, 0.05) is 18.0 Å². The Hall–Kier alpha value is -3.53. The van der Waals surface area contributed by atoms with Crippen LogP contribution in [-0.4, -0.2) is 42.6 Å². The Morgan fingerprint density at radius 2 is 1.86 bits per heavy atom. The smallest absolute Gasteiger partial charge is 0.259 e. The van der Waals surface area contributed by atoms with E-state index >= 15 is 0 Å². The Kier molecular flexibility index (Phi) is 5.50. The number of nitrogens with zero attached hydrogens (tertiary/aromatic N) is 3. The predicted octanol–water partition coefficient (Wildman–Crippen LogP) is 2.17. The molecule has 0 bridgehead atoms. The highest BCUT2D eigenvalue weighted by Gasteiger charge is 2.12. The van der Waals surface area contributed by atoms with Crippen molar-refractivity contribution in [1.82, 2.24) is 15.0 Å². The number of hydrogen-bond donors (Lipinski definition) is 2. The maximum absolute atomic E-state index is 12.4. The summed E-state index contributed by atoms with van der Waals surface area (Å²) in [5.74, 6) is 0.410. The second-order valence-corrected chi connectivity index (χ2v) is 7.47. The minimum atomic E-state index is -3.44. The number of anilines is 2. The van der Waals surface area contributed by atoms with E-state index in [1.165, 1.54) is 24.5 Å². The van der Waals surface area contributed by atoms with Crippen LogP contribution in [-0.2, 0) is 10.0 Å². The molecular weight excluding hydrogens is 382 g/mol. The Morgan fingerprint density at radius 3 is 2.54 bits per heavy atom. The maximum Gasteiger partial charge on any atom is 0.259 e. The number of pyridine rings is 1. The molecule has 3 aromatic rings. The van der Waals surface area contributed by atoms with Gasteiger partial charge in [-0.1, -0.05) is 12.1 Å². The van der Waals surface area contributed by atoms with Gasteiger partial charge in [-0.05, 0) is 30.3 Å². The van der Waals surface area contributed by atoms with Crippen LogP contribution < -0.4 is 14.8 Å². The van der Waals surface area contributed by atoms with Crippen LogP contribution in [0, 0.1) is 0 Å². The first-order valence-corrected chi connectivity index (χ1v) is 9.96. The molecule has 1 aromatic carbocycles. The number of hydrogen-bond acceptors (Lipinski definition) is 7. The Labute approximate surface area is 161 Å². The largest absolute Gasteiger partial charge is 0.496 e. The number of rotatable bonds is 6. The number of methoxy groups -OCH3 is 1. The summed E-state index contributed by atoms with van der Waals surface area (Å²) in [5.41, 5.74) is 1.58. The number of para-hydroxylation sites is 1. The average Bonchev–Trinajstić information content (AvgIpc) is 2.67. The number of ether oxygens (including phenoxy) is 1. The fourth-order valence-electron chi connectivity index (χ4n) is 2.38. The molecule has 0 aliphatic carbocycles. The van der Waals surface area contributed by atoms with Gasteiger partial charge in [0.1, 0.15) is 11.6 Å². The van der Waals surface area contributed by atoms with Gasteiger partial charge in [-0.15, -0.1) is 0 Å². The molecule has 0 spiro atoms. The normalized spacial score (nSPS) is 10.9. The van der Waals surface area contributed by atoms with Gasteiger partial charge in [0.25, 0.3) is 5.91 Å². The lowest BCUT2D eigenvalue weighted by Crippen LogP contribution is -2.15. The molecule has 0 saturated carbocycles. The van der Waals surface area contributed by atoms with E-state index in [0.717, 1.165) is 11.8 Å². The number of benzene rings is 1. The quantitative estimate of drug-likeness (QED) is 0.651. The van der Waals surface area contributed by atoms with Crippen molar-refractivity contribution < 1.29 is 17.9 Å². The second kappa shape index (κ2) is 8.01.